The monoisotopic (exact) mass is 180 g/mol. The molecule has 1 saturated heterocycles. The second-order valence-electron chi connectivity index (χ2n) is 3.44. The summed E-state index contributed by atoms with van der Waals surface area (Å²) in [5, 5.41) is 7.75. The molecule has 0 radical (unpaired) electrons. The van der Waals surface area contributed by atoms with Gasteiger partial charge in [0.1, 0.15) is 0 Å². The summed E-state index contributed by atoms with van der Waals surface area (Å²) in [7, 11) is 0. The van der Waals surface area contributed by atoms with Crippen LogP contribution in [0.1, 0.15) is 20.3 Å². The van der Waals surface area contributed by atoms with Crippen LogP contribution in [0.5, 0.6) is 0 Å². The second-order valence-corrected chi connectivity index (χ2v) is 3.44. The SMILES string of the molecule is CC[N-]CC1(C)CCNC1.[K+]. The first-order valence-corrected chi connectivity index (χ1v) is 4.11. The molecular weight excluding hydrogens is 163 g/mol. The van der Waals surface area contributed by atoms with Crippen molar-refractivity contribution in [2.24, 2.45) is 5.41 Å². The minimum atomic E-state index is 0. The van der Waals surface area contributed by atoms with E-state index in [1.54, 1.807) is 0 Å². The molecule has 2 nitrogen and oxygen atoms in total. The molecule has 1 aliphatic rings. The van der Waals surface area contributed by atoms with Crippen LogP contribution in [-0.2, 0) is 0 Å². The third-order valence-corrected chi connectivity index (χ3v) is 2.17. The minimum Gasteiger partial charge on any atom is -0.662 e. The maximum atomic E-state index is 4.39. The molecule has 3 heteroatoms. The summed E-state index contributed by atoms with van der Waals surface area (Å²) in [6.45, 7) is 8.75. The predicted molar refractivity (Wildman–Crippen MR) is 44.4 cm³/mol. The Kier molecular flexibility index (Phi) is 6.94. The first kappa shape index (κ1) is 12.6. The van der Waals surface area contributed by atoms with E-state index in [2.05, 4.69) is 24.5 Å². The summed E-state index contributed by atoms with van der Waals surface area (Å²) >= 11 is 0. The summed E-state index contributed by atoms with van der Waals surface area (Å²) < 4.78 is 0. The Morgan fingerprint density at radius 2 is 2.27 bits per heavy atom. The van der Waals surface area contributed by atoms with Crippen LogP contribution in [0.4, 0.5) is 0 Å². The largest absolute Gasteiger partial charge is 1.00 e. The van der Waals surface area contributed by atoms with Gasteiger partial charge < -0.3 is 10.6 Å². The predicted octanol–water partition coefficient (Wildman–Crippen LogP) is -1.62. The van der Waals surface area contributed by atoms with Crippen LogP contribution in [0.3, 0.4) is 0 Å². The summed E-state index contributed by atoms with van der Waals surface area (Å²) in [5.41, 5.74) is 0.468. The average molecular weight is 180 g/mol. The van der Waals surface area contributed by atoms with Gasteiger partial charge in [-0.1, -0.05) is 13.8 Å². The molecule has 0 aliphatic carbocycles. The maximum absolute atomic E-state index is 4.39. The first-order valence-electron chi connectivity index (χ1n) is 4.11. The van der Waals surface area contributed by atoms with Crippen molar-refractivity contribution in [1.29, 1.82) is 0 Å². The van der Waals surface area contributed by atoms with E-state index < -0.39 is 0 Å². The van der Waals surface area contributed by atoms with Gasteiger partial charge in [0.05, 0.1) is 0 Å². The molecule has 11 heavy (non-hydrogen) atoms. The van der Waals surface area contributed by atoms with E-state index >= 15 is 0 Å². The molecule has 0 saturated carbocycles. The molecule has 1 rings (SSSR count). The van der Waals surface area contributed by atoms with E-state index in [1.807, 2.05) is 0 Å². The molecule has 1 aliphatic heterocycles. The van der Waals surface area contributed by atoms with E-state index in [9.17, 15) is 0 Å². The Morgan fingerprint density at radius 3 is 2.73 bits per heavy atom. The van der Waals surface area contributed by atoms with Gasteiger partial charge in [-0.05, 0) is 24.9 Å². The van der Waals surface area contributed by atoms with Crippen molar-refractivity contribution in [3.05, 3.63) is 5.32 Å². The molecule has 0 spiro atoms. The van der Waals surface area contributed by atoms with E-state index in [4.69, 9.17) is 0 Å². The average Bonchev–Trinajstić information content (AvgIpc) is 2.33. The van der Waals surface area contributed by atoms with Crippen LogP contribution in [-0.4, -0.2) is 26.2 Å². The molecule has 0 aromatic carbocycles. The fraction of sp³-hybridized carbons (Fsp3) is 1.00. The zero-order valence-electron chi connectivity index (χ0n) is 7.98. The summed E-state index contributed by atoms with van der Waals surface area (Å²) in [6.07, 6.45) is 1.29. The Morgan fingerprint density at radius 1 is 1.55 bits per heavy atom. The molecule has 1 N–H and O–H groups in total. The molecule has 60 valence electrons. The Labute approximate surface area is 112 Å². The zero-order valence-corrected chi connectivity index (χ0v) is 11.1. The van der Waals surface area contributed by atoms with Crippen molar-refractivity contribution in [3.8, 4) is 0 Å². The standard InChI is InChI=1S/C8H17N2.K/c1-3-9-6-8(2)4-5-10-7-8;/h10H,3-7H2,1-2H3;/q-1;+1. The normalized spacial score (nSPS) is 30.0. The van der Waals surface area contributed by atoms with E-state index in [0.717, 1.165) is 19.6 Å². The van der Waals surface area contributed by atoms with Crippen molar-refractivity contribution >= 4 is 0 Å². The second kappa shape index (κ2) is 6.08. The zero-order chi connectivity index (χ0) is 7.45. The van der Waals surface area contributed by atoms with Crippen LogP contribution in [0.2, 0.25) is 0 Å². The summed E-state index contributed by atoms with van der Waals surface area (Å²) in [6, 6.07) is 0. The molecule has 0 aromatic rings. The number of rotatable bonds is 3. The van der Waals surface area contributed by atoms with Crippen LogP contribution < -0.4 is 56.7 Å². The van der Waals surface area contributed by atoms with Crippen LogP contribution in [0.15, 0.2) is 0 Å². The molecule has 1 atom stereocenters. The molecular formula is C8H17KN2. The number of nitrogens with one attached hydrogen (secondary N) is 1. The van der Waals surface area contributed by atoms with Crippen molar-refractivity contribution in [3.63, 3.8) is 0 Å². The molecule has 0 aromatic heterocycles. The molecule has 1 fully saturated rings. The Bertz CT molecular complexity index is 100. The van der Waals surface area contributed by atoms with Gasteiger partial charge in [-0.25, -0.2) is 0 Å². The van der Waals surface area contributed by atoms with Gasteiger partial charge in [0, 0.05) is 0 Å². The van der Waals surface area contributed by atoms with Crippen LogP contribution in [0, 0.1) is 5.41 Å². The maximum Gasteiger partial charge on any atom is 1.00 e. The van der Waals surface area contributed by atoms with Gasteiger partial charge in [0.2, 0.25) is 0 Å². The van der Waals surface area contributed by atoms with Crippen molar-refractivity contribution in [2.75, 3.05) is 26.2 Å². The van der Waals surface area contributed by atoms with Crippen LogP contribution >= 0.6 is 0 Å². The Hall–Kier alpha value is 1.56. The van der Waals surface area contributed by atoms with Gasteiger partial charge in [-0.3, -0.25) is 0 Å². The van der Waals surface area contributed by atoms with Gasteiger partial charge in [0.25, 0.3) is 0 Å². The van der Waals surface area contributed by atoms with Crippen LogP contribution in [0.25, 0.3) is 5.32 Å². The fourth-order valence-electron chi connectivity index (χ4n) is 1.39. The van der Waals surface area contributed by atoms with Gasteiger partial charge in [0.15, 0.2) is 0 Å². The van der Waals surface area contributed by atoms with Gasteiger partial charge >= 0.3 is 51.4 Å². The van der Waals surface area contributed by atoms with Gasteiger partial charge in [-0.2, -0.15) is 6.54 Å². The number of hydrogen-bond acceptors (Lipinski definition) is 1. The molecule has 0 bridgehead atoms. The molecule has 0 amide bonds. The summed E-state index contributed by atoms with van der Waals surface area (Å²) in [4.78, 5) is 0. The smallest absolute Gasteiger partial charge is 0.662 e. The molecule has 1 unspecified atom stereocenters. The third-order valence-electron chi connectivity index (χ3n) is 2.17. The van der Waals surface area contributed by atoms with E-state index in [-0.39, 0.29) is 51.4 Å². The minimum absolute atomic E-state index is 0. The van der Waals surface area contributed by atoms with Gasteiger partial charge in [-0.15, -0.1) is 6.54 Å². The topological polar surface area (TPSA) is 26.1 Å². The van der Waals surface area contributed by atoms with E-state index in [0.29, 0.717) is 5.41 Å². The van der Waals surface area contributed by atoms with Crippen molar-refractivity contribution in [1.82, 2.24) is 5.32 Å². The quantitative estimate of drug-likeness (QED) is 0.519. The van der Waals surface area contributed by atoms with Crippen molar-refractivity contribution < 1.29 is 51.4 Å². The van der Waals surface area contributed by atoms with E-state index in [1.165, 1.54) is 13.0 Å². The third kappa shape index (κ3) is 4.36. The molecule has 1 heterocycles. The Balaban J connectivity index is 0.000001000. The number of nitrogens with zero attached hydrogens (tertiary/aromatic N) is 1. The first-order chi connectivity index (χ1) is 4.77. The summed E-state index contributed by atoms with van der Waals surface area (Å²) in [5.74, 6) is 0. The van der Waals surface area contributed by atoms with Crippen molar-refractivity contribution in [2.45, 2.75) is 20.3 Å². The number of hydrogen-bond donors (Lipinski definition) is 1. The fourth-order valence-corrected chi connectivity index (χ4v) is 1.39.